The van der Waals surface area contributed by atoms with Gasteiger partial charge in [0.1, 0.15) is 17.5 Å². The van der Waals surface area contributed by atoms with Crippen molar-refractivity contribution >= 4 is 31.5 Å². The first-order chi connectivity index (χ1) is 17.2. The minimum Gasteiger partial charge on any atom is -0.486 e. The number of hydrogen-bond donors (Lipinski definition) is 0. The number of fused-ring (bicyclic) bond motifs is 1. The van der Waals surface area contributed by atoms with Gasteiger partial charge >= 0.3 is 5.97 Å². The number of nitrogens with zero attached hydrogens (tertiary/aromatic N) is 1. The molecule has 0 amide bonds. The Morgan fingerprint density at radius 1 is 1.05 bits per heavy atom. The van der Waals surface area contributed by atoms with Gasteiger partial charge in [0.2, 0.25) is 0 Å². The van der Waals surface area contributed by atoms with Gasteiger partial charge in [0, 0.05) is 0 Å². The lowest BCUT2D eigenvalue weighted by Gasteiger charge is -2.36. The summed E-state index contributed by atoms with van der Waals surface area (Å²) in [7, 11) is -7.70. The van der Waals surface area contributed by atoms with E-state index in [2.05, 4.69) is 0 Å². The van der Waals surface area contributed by atoms with Gasteiger partial charge in [-0.1, -0.05) is 6.07 Å². The van der Waals surface area contributed by atoms with E-state index in [1.807, 2.05) is 0 Å². The van der Waals surface area contributed by atoms with Gasteiger partial charge in [-0.15, -0.1) is 0 Å². The number of halogens is 2. The fourth-order valence-electron chi connectivity index (χ4n) is 4.04. The number of anilines is 1. The summed E-state index contributed by atoms with van der Waals surface area (Å²) in [5.74, 6) is -3.01. The first-order valence-corrected chi connectivity index (χ1v) is 15.0. The maximum absolute atomic E-state index is 13.9. The summed E-state index contributed by atoms with van der Waals surface area (Å²) < 4.78 is 91.6. The van der Waals surface area contributed by atoms with Crippen LogP contribution < -0.4 is 9.04 Å². The summed E-state index contributed by atoms with van der Waals surface area (Å²) in [6, 6.07) is 6.84. The van der Waals surface area contributed by atoms with Crippen LogP contribution in [0.5, 0.6) is 5.75 Å². The van der Waals surface area contributed by atoms with Gasteiger partial charge in [-0.25, -0.2) is 25.6 Å². The molecule has 4 rings (SSSR count). The van der Waals surface area contributed by atoms with Gasteiger partial charge < -0.3 is 9.47 Å². The van der Waals surface area contributed by atoms with E-state index in [1.54, 1.807) is 26.8 Å². The molecular formula is C25H29F2NO7S2. The molecule has 1 atom stereocenters. The molecular weight excluding hydrogens is 528 g/mol. The molecule has 1 fully saturated rings. The van der Waals surface area contributed by atoms with E-state index in [1.165, 1.54) is 12.1 Å². The standard InChI is InChI=1S/C25H29F2NO7S2/c1-25(2,3)35-24(29)13-16-4-9-23-22(12-16)28(37(32,33)19-7-8-20(26)21(27)14-19)15-17(34-23)10-11-36(30,31)18-5-6-18/h4,7-9,12,14,17-18H,5-6,10-11,13,15H2,1-3H3/t17-/m0/s1. The van der Waals surface area contributed by atoms with Crippen molar-refractivity contribution in [3.05, 3.63) is 53.6 Å². The van der Waals surface area contributed by atoms with Crippen LogP contribution >= 0.6 is 0 Å². The summed E-state index contributed by atoms with van der Waals surface area (Å²) in [4.78, 5) is 11.9. The third-order valence-electron chi connectivity index (χ3n) is 5.96. The molecule has 0 radical (unpaired) electrons. The molecule has 37 heavy (non-hydrogen) atoms. The van der Waals surface area contributed by atoms with Gasteiger partial charge in [0.05, 0.1) is 34.6 Å². The Bertz CT molecular complexity index is 1410. The Morgan fingerprint density at radius 2 is 1.76 bits per heavy atom. The van der Waals surface area contributed by atoms with Crippen LogP contribution in [0, 0.1) is 11.6 Å². The Morgan fingerprint density at radius 3 is 2.38 bits per heavy atom. The van der Waals surface area contributed by atoms with Crippen LogP contribution in [0.3, 0.4) is 0 Å². The fourth-order valence-corrected chi connectivity index (χ4v) is 7.33. The smallest absolute Gasteiger partial charge is 0.310 e. The number of hydrogen-bond acceptors (Lipinski definition) is 7. The zero-order valence-electron chi connectivity index (χ0n) is 20.7. The normalized spacial score (nSPS) is 18.2. The minimum atomic E-state index is -4.40. The van der Waals surface area contributed by atoms with Crippen LogP contribution in [0.15, 0.2) is 41.3 Å². The van der Waals surface area contributed by atoms with Gasteiger partial charge in [0.15, 0.2) is 21.5 Å². The van der Waals surface area contributed by atoms with Crippen molar-refractivity contribution in [2.75, 3.05) is 16.6 Å². The quantitative estimate of drug-likeness (QED) is 0.455. The highest BCUT2D eigenvalue weighted by Gasteiger charge is 2.39. The predicted octanol–water partition coefficient (Wildman–Crippen LogP) is 3.77. The summed E-state index contributed by atoms with van der Waals surface area (Å²) in [6.45, 7) is 4.94. The molecule has 0 N–H and O–H groups in total. The molecule has 0 aromatic heterocycles. The molecule has 1 saturated carbocycles. The average molecular weight is 558 g/mol. The Balaban J connectivity index is 1.67. The van der Waals surface area contributed by atoms with Gasteiger partial charge in [0.25, 0.3) is 10.0 Å². The van der Waals surface area contributed by atoms with E-state index in [0.29, 0.717) is 24.5 Å². The number of ether oxygens (including phenoxy) is 2. The van der Waals surface area contributed by atoms with E-state index in [4.69, 9.17) is 9.47 Å². The topological polar surface area (TPSA) is 107 Å². The van der Waals surface area contributed by atoms with Crippen molar-refractivity contribution in [1.82, 2.24) is 0 Å². The molecule has 1 heterocycles. The number of sulfonamides is 1. The molecule has 2 aliphatic rings. The highest BCUT2D eigenvalue weighted by molar-refractivity contribution is 7.93. The monoisotopic (exact) mass is 557 g/mol. The van der Waals surface area contributed by atoms with Crippen LogP contribution in [0.4, 0.5) is 14.5 Å². The van der Waals surface area contributed by atoms with Crippen molar-refractivity contribution in [2.24, 2.45) is 0 Å². The zero-order chi connectivity index (χ0) is 27.2. The first kappa shape index (κ1) is 27.3. The molecule has 0 spiro atoms. The average Bonchev–Trinajstić information content (AvgIpc) is 3.64. The molecule has 202 valence electrons. The highest BCUT2D eigenvalue weighted by Crippen LogP contribution is 2.39. The zero-order valence-corrected chi connectivity index (χ0v) is 22.4. The Kier molecular flexibility index (Phi) is 7.28. The van der Waals surface area contributed by atoms with E-state index in [9.17, 15) is 30.4 Å². The predicted molar refractivity (Wildman–Crippen MR) is 133 cm³/mol. The number of esters is 1. The fraction of sp³-hybridized carbons (Fsp3) is 0.480. The molecule has 12 heteroatoms. The van der Waals surface area contributed by atoms with Crippen molar-refractivity contribution in [3.8, 4) is 5.75 Å². The van der Waals surface area contributed by atoms with E-state index >= 15 is 0 Å². The first-order valence-electron chi connectivity index (χ1n) is 11.9. The third-order valence-corrected chi connectivity index (χ3v) is 10.0. The lowest BCUT2D eigenvalue weighted by atomic mass is 10.1. The summed E-state index contributed by atoms with van der Waals surface area (Å²) >= 11 is 0. The third kappa shape index (κ3) is 6.40. The van der Waals surface area contributed by atoms with Gasteiger partial charge in [-0.3, -0.25) is 9.10 Å². The van der Waals surface area contributed by atoms with E-state index < -0.39 is 54.1 Å². The van der Waals surface area contributed by atoms with Crippen molar-refractivity contribution in [2.45, 2.75) is 68.3 Å². The largest absolute Gasteiger partial charge is 0.486 e. The van der Waals surface area contributed by atoms with Crippen LogP contribution in [0.25, 0.3) is 0 Å². The highest BCUT2D eigenvalue weighted by atomic mass is 32.2. The molecule has 0 saturated heterocycles. The van der Waals surface area contributed by atoms with Gasteiger partial charge in [-0.2, -0.15) is 0 Å². The van der Waals surface area contributed by atoms with Crippen LogP contribution in [0.2, 0.25) is 0 Å². The number of benzene rings is 2. The van der Waals surface area contributed by atoms with E-state index in [-0.39, 0.29) is 41.8 Å². The number of carbonyl (C=O) groups is 1. The molecule has 1 aliphatic heterocycles. The maximum Gasteiger partial charge on any atom is 0.310 e. The Hall–Kier alpha value is -2.73. The molecule has 0 bridgehead atoms. The SMILES string of the molecule is CC(C)(C)OC(=O)Cc1ccc2c(c1)N(S(=O)(=O)c1ccc(F)c(F)c1)C[C@H](CCS(=O)(=O)C1CC1)O2. The van der Waals surface area contributed by atoms with Crippen molar-refractivity contribution < 1.29 is 39.9 Å². The maximum atomic E-state index is 13.9. The Labute approximate surface area is 215 Å². The summed E-state index contributed by atoms with van der Waals surface area (Å²) in [5.41, 5.74) is -0.145. The van der Waals surface area contributed by atoms with Crippen molar-refractivity contribution in [1.29, 1.82) is 0 Å². The van der Waals surface area contributed by atoms with Gasteiger partial charge in [-0.05, 0) is 75.9 Å². The van der Waals surface area contributed by atoms with E-state index in [0.717, 1.165) is 16.4 Å². The second kappa shape index (κ2) is 9.86. The lowest BCUT2D eigenvalue weighted by molar-refractivity contribution is -0.153. The molecule has 0 unspecified atom stereocenters. The van der Waals surface area contributed by atoms with Crippen LogP contribution in [-0.2, 0) is 35.8 Å². The van der Waals surface area contributed by atoms with Crippen LogP contribution in [0.1, 0.15) is 45.6 Å². The lowest BCUT2D eigenvalue weighted by Crippen LogP contribution is -2.44. The number of rotatable bonds is 8. The summed E-state index contributed by atoms with van der Waals surface area (Å²) in [5, 5.41) is -0.360. The second-order valence-electron chi connectivity index (χ2n) is 10.3. The number of sulfone groups is 1. The molecule has 2 aromatic rings. The second-order valence-corrected chi connectivity index (χ2v) is 14.5. The minimum absolute atomic E-state index is 0.0573. The number of carbonyl (C=O) groups excluding carboxylic acids is 1. The molecule has 8 nitrogen and oxygen atoms in total. The van der Waals surface area contributed by atoms with Crippen molar-refractivity contribution in [3.63, 3.8) is 0 Å². The molecule has 2 aromatic carbocycles. The summed E-state index contributed by atoms with van der Waals surface area (Å²) in [6.07, 6.45) is 0.369. The molecule has 1 aliphatic carbocycles. The van der Waals surface area contributed by atoms with Crippen LogP contribution in [-0.4, -0.2) is 52.1 Å².